The van der Waals surface area contributed by atoms with Crippen LogP contribution >= 0.6 is 23.2 Å². The Hall–Kier alpha value is -1.05. The van der Waals surface area contributed by atoms with Crippen molar-refractivity contribution in [1.82, 2.24) is 0 Å². The molecule has 0 spiro atoms. The van der Waals surface area contributed by atoms with Gasteiger partial charge in [-0.3, -0.25) is 0 Å². The van der Waals surface area contributed by atoms with E-state index in [1.54, 1.807) is 24.3 Å². The molecule has 2 aromatic carbocycles. The number of rotatable bonds is 2. The largest absolute Gasteiger partial charge is 0.207 e. The Morgan fingerprint density at radius 1 is 0.938 bits per heavy atom. The molecule has 0 saturated carbocycles. The van der Waals surface area contributed by atoms with E-state index in [0.29, 0.717) is 10.0 Å². The summed E-state index contributed by atoms with van der Waals surface area (Å²) in [6, 6.07) is 11.5. The molecule has 0 atom stereocenters. The van der Waals surface area contributed by atoms with Gasteiger partial charge in [0.25, 0.3) is 0 Å². The van der Waals surface area contributed by atoms with Gasteiger partial charge in [-0.1, -0.05) is 41.4 Å². The molecule has 0 aliphatic heterocycles. The predicted octanol–water partition coefficient (Wildman–Crippen LogP) is 4.73. The van der Waals surface area contributed by atoms with Crippen LogP contribution in [-0.4, -0.2) is 0 Å². The maximum atomic E-state index is 12.7. The van der Waals surface area contributed by atoms with Gasteiger partial charge >= 0.3 is 0 Å². The van der Waals surface area contributed by atoms with Crippen LogP contribution in [0.4, 0.5) is 4.39 Å². The molecule has 0 aliphatic rings. The van der Waals surface area contributed by atoms with E-state index in [2.05, 4.69) is 0 Å². The topological polar surface area (TPSA) is 0 Å². The minimum Gasteiger partial charge on any atom is -0.207 e. The fraction of sp³-hybridized carbons (Fsp3) is 0. The molecule has 0 aromatic heterocycles. The molecule has 0 N–H and O–H groups in total. The summed E-state index contributed by atoms with van der Waals surface area (Å²) in [4.78, 5) is 0. The SMILES string of the molecule is Fc1ccc([CH]c2ccc(Cl)cc2Cl)cc1. The molecule has 0 saturated heterocycles. The molecule has 0 unspecified atom stereocenters. The van der Waals surface area contributed by atoms with Gasteiger partial charge in [0, 0.05) is 16.5 Å². The van der Waals surface area contributed by atoms with E-state index in [0.717, 1.165) is 11.1 Å². The predicted molar refractivity (Wildman–Crippen MR) is 65.4 cm³/mol. The Labute approximate surface area is 104 Å². The third kappa shape index (κ3) is 2.75. The van der Waals surface area contributed by atoms with Crippen molar-refractivity contribution in [2.75, 3.05) is 0 Å². The molecule has 2 rings (SSSR count). The van der Waals surface area contributed by atoms with E-state index >= 15 is 0 Å². The van der Waals surface area contributed by atoms with Crippen LogP contribution in [0.2, 0.25) is 10.0 Å². The maximum absolute atomic E-state index is 12.7. The molecule has 3 heteroatoms. The van der Waals surface area contributed by atoms with Crippen LogP contribution in [-0.2, 0) is 0 Å². The standard InChI is InChI=1S/C13H8Cl2F/c14-11-4-3-10(13(15)8-11)7-9-1-5-12(16)6-2-9/h1-8H. The fourth-order valence-electron chi connectivity index (χ4n) is 1.36. The van der Waals surface area contributed by atoms with Gasteiger partial charge in [-0.2, -0.15) is 0 Å². The van der Waals surface area contributed by atoms with Gasteiger partial charge in [0.1, 0.15) is 5.82 Å². The minimum absolute atomic E-state index is 0.251. The van der Waals surface area contributed by atoms with Crippen LogP contribution in [0.1, 0.15) is 11.1 Å². The van der Waals surface area contributed by atoms with Gasteiger partial charge in [-0.05, 0) is 35.4 Å². The number of halogens is 3. The lowest BCUT2D eigenvalue weighted by Crippen LogP contribution is -1.87. The Kier molecular flexibility index (Phi) is 3.47. The van der Waals surface area contributed by atoms with Crippen LogP contribution in [0.15, 0.2) is 42.5 Å². The molecule has 1 radical (unpaired) electrons. The first-order chi connectivity index (χ1) is 7.65. The van der Waals surface area contributed by atoms with Crippen LogP contribution in [0.5, 0.6) is 0 Å². The Morgan fingerprint density at radius 3 is 2.25 bits per heavy atom. The summed E-state index contributed by atoms with van der Waals surface area (Å²) in [5.74, 6) is -0.251. The highest BCUT2D eigenvalue weighted by molar-refractivity contribution is 6.35. The minimum atomic E-state index is -0.251. The van der Waals surface area contributed by atoms with Gasteiger partial charge < -0.3 is 0 Å². The molecule has 0 amide bonds. The van der Waals surface area contributed by atoms with Crippen molar-refractivity contribution in [3.63, 3.8) is 0 Å². The van der Waals surface area contributed by atoms with Crippen molar-refractivity contribution in [3.05, 3.63) is 75.9 Å². The summed E-state index contributed by atoms with van der Waals surface area (Å²) in [5, 5.41) is 1.18. The highest BCUT2D eigenvalue weighted by Crippen LogP contribution is 2.24. The second-order valence-electron chi connectivity index (χ2n) is 3.36. The maximum Gasteiger partial charge on any atom is 0.123 e. The summed E-state index contributed by atoms with van der Waals surface area (Å²) < 4.78 is 12.7. The van der Waals surface area contributed by atoms with Crippen molar-refractivity contribution in [2.24, 2.45) is 0 Å². The average Bonchev–Trinajstić information content (AvgIpc) is 2.25. The zero-order valence-corrected chi connectivity index (χ0v) is 9.76. The van der Waals surface area contributed by atoms with Crippen molar-refractivity contribution >= 4 is 23.2 Å². The summed E-state index contributed by atoms with van der Waals surface area (Å²) in [6.45, 7) is 0. The quantitative estimate of drug-likeness (QED) is 0.726. The molecular weight excluding hydrogens is 246 g/mol. The van der Waals surface area contributed by atoms with Crippen molar-refractivity contribution < 1.29 is 4.39 Å². The number of hydrogen-bond donors (Lipinski definition) is 0. The second kappa shape index (κ2) is 4.86. The van der Waals surface area contributed by atoms with Crippen molar-refractivity contribution in [3.8, 4) is 0 Å². The Bertz CT molecular complexity index is 492. The summed E-state index contributed by atoms with van der Waals surface area (Å²) in [6.07, 6.45) is 1.87. The Balaban J connectivity index is 2.23. The van der Waals surface area contributed by atoms with Gasteiger partial charge in [-0.15, -0.1) is 0 Å². The van der Waals surface area contributed by atoms with Crippen LogP contribution < -0.4 is 0 Å². The normalized spacial score (nSPS) is 10.4. The van der Waals surface area contributed by atoms with E-state index < -0.39 is 0 Å². The second-order valence-corrected chi connectivity index (χ2v) is 4.21. The highest BCUT2D eigenvalue weighted by atomic mass is 35.5. The summed E-state index contributed by atoms with van der Waals surface area (Å²) in [7, 11) is 0. The van der Waals surface area contributed by atoms with E-state index in [1.807, 2.05) is 12.5 Å². The average molecular weight is 254 g/mol. The third-order valence-corrected chi connectivity index (χ3v) is 2.72. The molecule has 0 nitrogen and oxygen atoms in total. The summed E-state index contributed by atoms with van der Waals surface area (Å²) >= 11 is 11.8. The van der Waals surface area contributed by atoms with Gasteiger partial charge in [0.15, 0.2) is 0 Å². The first-order valence-corrected chi connectivity index (χ1v) is 5.46. The molecule has 0 aliphatic carbocycles. The monoisotopic (exact) mass is 253 g/mol. The van der Waals surface area contributed by atoms with Crippen molar-refractivity contribution in [2.45, 2.75) is 0 Å². The smallest absolute Gasteiger partial charge is 0.123 e. The zero-order chi connectivity index (χ0) is 11.5. The van der Waals surface area contributed by atoms with E-state index in [4.69, 9.17) is 23.2 Å². The lowest BCUT2D eigenvalue weighted by Gasteiger charge is -2.04. The lowest BCUT2D eigenvalue weighted by atomic mass is 10.1. The van der Waals surface area contributed by atoms with Gasteiger partial charge in [0.2, 0.25) is 0 Å². The number of benzene rings is 2. The molecule has 0 fully saturated rings. The van der Waals surface area contributed by atoms with Crippen molar-refractivity contribution in [1.29, 1.82) is 0 Å². The molecule has 2 aromatic rings. The first-order valence-electron chi connectivity index (χ1n) is 4.70. The molecule has 0 heterocycles. The lowest BCUT2D eigenvalue weighted by molar-refractivity contribution is 0.627. The van der Waals surface area contributed by atoms with Crippen LogP contribution in [0.3, 0.4) is 0 Å². The summed E-state index contributed by atoms with van der Waals surface area (Å²) in [5.41, 5.74) is 1.75. The first kappa shape index (κ1) is 11.4. The third-order valence-electron chi connectivity index (χ3n) is 2.15. The Morgan fingerprint density at radius 2 is 1.62 bits per heavy atom. The van der Waals surface area contributed by atoms with Gasteiger partial charge in [-0.25, -0.2) is 4.39 Å². The van der Waals surface area contributed by atoms with E-state index in [1.165, 1.54) is 12.1 Å². The molecule has 81 valence electrons. The zero-order valence-electron chi connectivity index (χ0n) is 8.25. The highest BCUT2D eigenvalue weighted by Gasteiger charge is 2.03. The van der Waals surface area contributed by atoms with Crippen LogP contribution in [0, 0.1) is 12.2 Å². The van der Waals surface area contributed by atoms with Gasteiger partial charge in [0.05, 0.1) is 0 Å². The van der Waals surface area contributed by atoms with E-state index in [-0.39, 0.29) is 5.82 Å². The molecular formula is C13H8Cl2F. The van der Waals surface area contributed by atoms with Crippen LogP contribution in [0.25, 0.3) is 0 Å². The number of hydrogen-bond acceptors (Lipinski definition) is 0. The van der Waals surface area contributed by atoms with E-state index in [9.17, 15) is 4.39 Å². The fourth-order valence-corrected chi connectivity index (χ4v) is 1.82. The molecule has 0 bridgehead atoms. The molecule has 16 heavy (non-hydrogen) atoms.